The van der Waals surface area contributed by atoms with Crippen molar-refractivity contribution in [3.8, 4) is 11.5 Å². The van der Waals surface area contributed by atoms with Gasteiger partial charge in [0.1, 0.15) is 11.5 Å². The van der Waals surface area contributed by atoms with Crippen LogP contribution in [-0.2, 0) is 14.8 Å². The number of thiazole rings is 1. The standard InChI is InChI=1S/C24H21N3O5S2/c28-23(17-6-9-20(10-7-17)34(29,30)27-12-14-31-15-13-27)26-24-25-21-11-8-19(16-22(21)33-24)32-18-4-2-1-3-5-18/h1-11,16H,12-15H2,(H,25,26,28). The molecule has 1 saturated heterocycles. The van der Waals surface area contributed by atoms with Crippen LogP contribution in [0.15, 0.2) is 77.7 Å². The van der Waals surface area contributed by atoms with E-state index in [1.165, 1.54) is 39.9 Å². The smallest absolute Gasteiger partial charge is 0.257 e. The third-order valence-corrected chi connectivity index (χ3v) is 8.13. The number of carbonyl (C=O) groups is 1. The number of anilines is 1. The van der Waals surface area contributed by atoms with Gasteiger partial charge in [-0.05, 0) is 48.5 Å². The maximum absolute atomic E-state index is 12.8. The molecule has 2 heterocycles. The number of rotatable bonds is 6. The first kappa shape index (κ1) is 22.5. The van der Waals surface area contributed by atoms with Crippen LogP contribution >= 0.6 is 11.3 Å². The van der Waals surface area contributed by atoms with E-state index in [9.17, 15) is 13.2 Å². The van der Waals surface area contributed by atoms with E-state index in [-0.39, 0.29) is 10.8 Å². The van der Waals surface area contributed by atoms with Crippen molar-refractivity contribution in [3.05, 3.63) is 78.4 Å². The lowest BCUT2D eigenvalue weighted by Gasteiger charge is -2.26. The number of amides is 1. The zero-order chi connectivity index (χ0) is 23.5. The summed E-state index contributed by atoms with van der Waals surface area (Å²) in [6, 6.07) is 20.9. The van der Waals surface area contributed by atoms with Gasteiger partial charge < -0.3 is 9.47 Å². The first-order chi connectivity index (χ1) is 16.5. The normalized spacial score (nSPS) is 14.7. The molecule has 174 valence electrons. The van der Waals surface area contributed by atoms with Gasteiger partial charge in [0.2, 0.25) is 10.0 Å². The molecule has 1 amide bonds. The SMILES string of the molecule is O=C(Nc1nc2ccc(Oc3ccccc3)cc2s1)c1ccc(S(=O)(=O)N2CCOCC2)cc1. The molecule has 1 fully saturated rings. The number of nitrogens with one attached hydrogen (secondary N) is 1. The van der Waals surface area contributed by atoms with Crippen molar-refractivity contribution >= 4 is 42.6 Å². The minimum Gasteiger partial charge on any atom is -0.457 e. The molecule has 0 aliphatic carbocycles. The van der Waals surface area contributed by atoms with Gasteiger partial charge in [-0.3, -0.25) is 10.1 Å². The largest absolute Gasteiger partial charge is 0.457 e. The molecule has 0 unspecified atom stereocenters. The summed E-state index contributed by atoms with van der Waals surface area (Å²) < 4.78 is 38.9. The Labute approximate surface area is 200 Å². The number of carbonyl (C=O) groups excluding carboxylic acids is 1. The molecule has 5 rings (SSSR count). The quantitative estimate of drug-likeness (QED) is 0.427. The molecule has 8 nitrogen and oxygen atoms in total. The van der Waals surface area contributed by atoms with Crippen LogP contribution in [0.5, 0.6) is 11.5 Å². The number of sulfonamides is 1. The molecule has 1 N–H and O–H groups in total. The number of nitrogens with zero attached hydrogens (tertiary/aromatic N) is 2. The molecule has 1 aromatic heterocycles. The lowest BCUT2D eigenvalue weighted by molar-refractivity contribution is 0.0730. The van der Waals surface area contributed by atoms with Gasteiger partial charge in [0.15, 0.2) is 5.13 Å². The van der Waals surface area contributed by atoms with Crippen LogP contribution in [0.3, 0.4) is 0 Å². The van der Waals surface area contributed by atoms with Gasteiger partial charge in [-0.25, -0.2) is 13.4 Å². The molecule has 0 radical (unpaired) electrons. The van der Waals surface area contributed by atoms with Gasteiger partial charge in [-0.15, -0.1) is 0 Å². The fraction of sp³-hybridized carbons (Fsp3) is 0.167. The summed E-state index contributed by atoms with van der Waals surface area (Å²) in [7, 11) is -3.61. The number of ether oxygens (including phenoxy) is 2. The van der Waals surface area contributed by atoms with E-state index >= 15 is 0 Å². The van der Waals surface area contributed by atoms with Crippen molar-refractivity contribution in [2.45, 2.75) is 4.90 Å². The van der Waals surface area contributed by atoms with Gasteiger partial charge >= 0.3 is 0 Å². The van der Waals surface area contributed by atoms with Crippen LogP contribution in [0.25, 0.3) is 10.2 Å². The zero-order valence-corrected chi connectivity index (χ0v) is 19.6. The van der Waals surface area contributed by atoms with Crippen molar-refractivity contribution < 1.29 is 22.7 Å². The second kappa shape index (κ2) is 9.51. The Hall–Kier alpha value is -3.31. The predicted molar refractivity (Wildman–Crippen MR) is 130 cm³/mol. The van der Waals surface area contributed by atoms with Crippen LogP contribution in [0.4, 0.5) is 5.13 Å². The molecule has 34 heavy (non-hydrogen) atoms. The Morgan fingerprint density at radius 3 is 2.44 bits per heavy atom. The molecular formula is C24H21N3O5S2. The Kier molecular flexibility index (Phi) is 6.29. The number of hydrogen-bond donors (Lipinski definition) is 1. The Morgan fingerprint density at radius 1 is 0.971 bits per heavy atom. The summed E-state index contributed by atoms with van der Waals surface area (Å²) in [6.07, 6.45) is 0. The van der Waals surface area contributed by atoms with Gasteiger partial charge in [0.25, 0.3) is 5.91 Å². The van der Waals surface area contributed by atoms with Crippen molar-refractivity contribution in [3.63, 3.8) is 0 Å². The van der Waals surface area contributed by atoms with E-state index < -0.39 is 10.0 Å². The molecule has 0 atom stereocenters. The highest BCUT2D eigenvalue weighted by atomic mass is 32.2. The fourth-order valence-electron chi connectivity index (χ4n) is 3.53. The van der Waals surface area contributed by atoms with Gasteiger partial charge in [0.05, 0.1) is 28.3 Å². The first-order valence-corrected chi connectivity index (χ1v) is 12.9. The van der Waals surface area contributed by atoms with E-state index in [0.29, 0.717) is 42.7 Å². The highest BCUT2D eigenvalue weighted by Gasteiger charge is 2.26. The van der Waals surface area contributed by atoms with E-state index in [1.807, 2.05) is 48.5 Å². The molecule has 1 aliphatic heterocycles. The number of fused-ring (bicyclic) bond motifs is 1. The summed E-state index contributed by atoms with van der Waals surface area (Å²) >= 11 is 1.33. The van der Waals surface area contributed by atoms with Crippen molar-refractivity contribution in [1.82, 2.24) is 9.29 Å². The summed E-state index contributed by atoms with van der Waals surface area (Å²) in [5, 5.41) is 3.24. The number of benzene rings is 3. The Bertz CT molecular complexity index is 1410. The fourth-order valence-corrected chi connectivity index (χ4v) is 5.83. The Morgan fingerprint density at radius 2 is 1.71 bits per heavy atom. The van der Waals surface area contributed by atoms with E-state index in [1.54, 1.807) is 0 Å². The number of aromatic nitrogens is 1. The third kappa shape index (κ3) is 4.80. The summed E-state index contributed by atoms with van der Waals surface area (Å²) in [5.74, 6) is 1.05. The average Bonchev–Trinajstić information content (AvgIpc) is 3.27. The van der Waals surface area contributed by atoms with Gasteiger partial charge in [0, 0.05) is 24.7 Å². The molecular weight excluding hydrogens is 474 g/mol. The van der Waals surface area contributed by atoms with Gasteiger partial charge in [-0.2, -0.15) is 4.31 Å². The van der Waals surface area contributed by atoms with Crippen LogP contribution in [0.1, 0.15) is 10.4 Å². The van der Waals surface area contributed by atoms with Crippen LogP contribution in [-0.4, -0.2) is 49.9 Å². The summed E-state index contributed by atoms with van der Waals surface area (Å²) in [4.78, 5) is 17.3. The predicted octanol–water partition coefficient (Wildman–Crippen LogP) is 4.36. The molecule has 0 bridgehead atoms. The molecule has 4 aromatic rings. The molecule has 1 aliphatic rings. The second-order valence-corrected chi connectivity index (χ2v) is 10.5. The highest BCUT2D eigenvalue weighted by molar-refractivity contribution is 7.89. The minimum absolute atomic E-state index is 0.150. The Balaban J connectivity index is 1.28. The van der Waals surface area contributed by atoms with E-state index in [0.717, 1.165) is 16.0 Å². The van der Waals surface area contributed by atoms with Crippen LogP contribution in [0, 0.1) is 0 Å². The summed E-state index contributed by atoms with van der Waals surface area (Å²) in [6.45, 7) is 1.39. The molecule has 3 aromatic carbocycles. The molecule has 0 spiro atoms. The number of hydrogen-bond acceptors (Lipinski definition) is 7. The maximum Gasteiger partial charge on any atom is 0.257 e. The second-order valence-electron chi connectivity index (χ2n) is 7.56. The van der Waals surface area contributed by atoms with Crippen LogP contribution < -0.4 is 10.1 Å². The number of para-hydroxylation sites is 1. The van der Waals surface area contributed by atoms with Crippen molar-refractivity contribution in [1.29, 1.82) is 0 Å². The lowest BCUT2D eigenvalue weighted by atomic mass is 10.2. The van der Waals surface area contributed by atoms with Crippen molar-refractivity contribution in [2.24, 2.45) is 0 Å². The average molecular weight is 496 g/mol. The third-order valence-electron chi connectivity index (χ3n) is 5.28. The van der Waals surface area contributed by atoms with E-state index in [4.69, 9.17) is 9.47 Å². The lowest BCUT2D eigenvalue weighted by Crippen LogP contribution is -2.40. The zero-order valence-electron chi connectivity index (χ0n) is 18.0. The van der Waals surface area contributed by atoms with Gasteiger partial charge in [-0.1, -0.05) is 29.5 Å². The first-order valence-electron chi connectivity index (χ1n) is 10.6. The van der Waals surface area contributed by atoms with E-state index in [2.05, 4.69) is 10.3 Å². The molecule has 10 heteroatoms. The van der Waals surface area contributed by atoms with Crippen molar-refractivity contribution in [2.75, 3.05) is 31.6 Å². The number of morpholine rings is 1. The minimum atomic E-state index is -3.61. The molecule has 0 saturated carbocycles. The maximum atomic E-state index is 12.8. The van der Waals surface area contributed by atoms with Crippen LogP contribution in [0.2, 0.25) is 0 Å². The highest BCUT2D eigenvalue weighted by Crippen LogP contribution is 2.31. The topological polar surface area (TPSA) is 97.8 Å². The summed E-state index contributed by atoms with van der Waals surface area (Å²) in [5.41, 5.74) is 1.08. The monoisotopic (exact) mass is 495 g/mol.